The Labute approximate surface area is 123 Å². The molecule has 106 valence electrons. The van der Waals surface area contributed by atoms with Crippen molar-refractivity contribution in [2.45, 2.75) is 40.2 Å². The third kappa shape index (κ3) is 3.29. The Hall–Kier alpha value is -1.60. The second kappa shape index (κ2) is 6.23. The largest absolute Gasteiger partial charge is 0.313 e. The molecule has 0 bridgehead atoms. The molecule has 1 heteroatoms. The predicted molar refractivity (Wildman–Crippen MR) is 87.3 cm³/mol. The van der Waals surface area contributed by atoms with Crippen LogP contribution in [0.15, 0.2) is 36.4 Å². The minimum atomic E-state index is 0.369. The first kappa shape index (κ1) is 14.8. The van der Waals surface area contributed by atoms with Gasteiger partial charge in [-0.2, -0.15) is 0 Å². The van der Waals surface area contributed by atoms with E-state index < -0.39 is 0 Å². The molecular weight excluding hydrogens is 242 g/mol. The Bertz CT molecular complexity index is 558. The second-order valence-corrected chi connectivity index (χ2v) is 5.84. The van der Waals surface area contributed by atoms with Gasteiger partial charge >= 0.3 is 0 Å². The van der Waals surface area contributed by atoms with E-state index in [-0.39, 0.29) is 0 Å². The summed E-state index contributed by atoms with van der Waals surface area (Å²) in [6.07, 6.45) is 1.04. The molecule has 20 heavy (non-hydrogen) atoms. The molecule has 2 aromatic rings. The van der Waals surface area contributed by atoms with Crippen LogP contribution in [0.25, 0.3) is 0 Å². The van der Waals surface area contributed by atoms with Crippen LogP contribution in [0, 0.1) is 27.7 Å². The van der Waals surface area contributed by atoms with E-state index >= 15 is 0 Å². The van der Waals surface area contributed by atoms with Crippen molar-refractivity contribution in [2.24, 2.45) is 0 Å². The molecule has 1 atom stereocenters. The number of benzene rings is 2. The van der Waals surface area contributed by atoms with Gasteiger partial charge < -0.3 is 5.32 Å². The van der Waals surface area contributed by atoms with Crippen LogP contribution in [-0.4, -0.2) is 7.05 Å². The van der Waals surface area contributed by atoms with E-state index in [1.165, 1.54) is 33.4 Å². The highest BCUT2D eigenvalue weighted by molar-refractivity contribution is 5.37. The summed E-state index contributed by atoms with van der Waals surface area (Å²) in [5.74, 6) is 0. The molecular formula is C19H25N. The molecule has 2 rings (SSSR count). The van der Waals surface area contributed by atoms with E-state index in [1.807, 2.05) is 0 Å². The Morgan fingerprint density at radius 1 is 0.900 bits per heavy atom. The van der Waals surface area contributed by atoms with Crippen LogP contribution in [0.5, 0.6) is 0 Å². The van der Waals surface area contributed by atoms with E-state index in [1.54, 1.807) is 0 Å². The van der Waals surface area contributed by atoms with Gasteiger partial charge in [0.1, 0.15) is 0 Å². The van der Waals surface area contributed by atoms with Gasteiger partial charge in [-0.1, -0.05) is 47.5 Å². The van der Waals surface area contributed by atoms with Gasteiger partial charge in [0.25, 0.3) is 0 Å². The average Bonchev–Trinajstić information content (AvgIpc) is 2.37. The van der Waals surface area contributed by atoms with Crippen LogP contribution in [0.3, 0.4) is 0 Å². The zero-order valence-corrected chi connectivity index (χ0v) is 13.2. The van der Waals surface area contributed by atoms with Gasteiger partial charge in [0.05, 0.1) is 0 Å². The van der Waals surface area contributed by atoms with E-state index in [2.05, 4.69) is 76.5 Å². The highest BCUT2D eigenvalue weighted by atomic mass is 14.9. The summed E-state index contributed by atoms with van der Waals surface area (Å²) in [6.45, 7) is 8.75. The Morgan fingerprint density at radius 3 is 1.95 bits per heavy atom. The molecule has 1 N–H and O–H groups in total. The molecule has 0 heterocycles. The first-order valence-corrected chi connectivity index (χ1v) is 7.32. The maximum Gasteiger partial charge on any atom is 0.0358 e. The number of hydrogen-bond donors (Lipinski definition) is 1. The molecule has 1 nitrogen and oxygen atoms in total. The lowest BCUT2D eigenvalue weighted by Gasteiger charge is -2.20. The van der Waals surface area contributed by atoms with Crippen LogP contribution in [0.4, 0.5) is 0 Å². The third-order valence-electron chi connectivity index (χ3n) is 4.05. The maximum atomic E-state index is 3.48. The maximum absolute atomic E-state index is 3.48. The lowest BCUT2D eigenvalue weighted by molar-refractivity contribution is 0.588. The smallest absolute Gasteiger partial charge is 0.0358 e. The molecule has 0 amide bonds. The SMILES string of the molecule is CNC(Cc1c(C)cccc1C)c1cc(C)cc(C)c1. The molecule has 1 unspecified atom stereocenters. The van der Waals surface area contributed by atoms with Crippen LogP contribution in [0.2, 0.25) is 0 Å². The molecule has 0 aliphatic carbocycles. The van der Waals surface area contributed by atoms with E-state index in [4.69, 9.17) is 0 Å². The van der Waals surface area contributed by atoms with Crippen molar-refractivity contribution < 1.29 is 0 Å². The van der Waals surface area contributed by atoms with Gasteiger partial charge in [0.2, 0.25) is 0 Å². The van der Waals surface area contributed by atoms with Gasteiger partial charge in [-0.3, -0.25) is 0 Å². The molecule has 0 spiro atoms. The van der Waals surface area contributed by atoms with Crippen LogP contribution < -0.4 is 5.32 Å². The van der Waals surface area contributed by atoms with Crippen molar-refractivity contribution in [3.63, 3.8) is 0 Å². The summed E-state index contributed by atoms with van der Waals surface area (Å²) in [6, 6.07) is 13.7. The summed E-state index contributed by atoms with van der Waals surface area (Å²) < 4.78 is 0. The zero-order chi connectivity index (χ0) is 14.7. The minimum Gasteiger partial charge on any atom is -0.313 e. The molecule has 0 aliphatic heterocycles. The monoisotopic (exact) mass is 267 g/mol. The molecule has 0 radical (unpaired) electrons. The van der Waals surface area contributed by atoms with Gasteiger partial charge in [-0.15, -0.1) is 0 Å². The van der Waals surface area contributed by atoms with Crippen LogP contribution >= 0.6 is 0 Å². The summed E-state index contributed by atoms with van der Waals surface area (Å²) in [5.41, 5.74) is 8.28. The predicted octanol–water partition coefficient (Wildman–Crippen LogP) is 4.42. The lowest BCUT2D eigenvalue weighted by atomic mass is 9.92. The summed E-state index contributed by atoms with van der Waals surface area (Å²) >= 11 is 0. The van der Waals surface area contributed by atoms with Gasteiger partial charge in [0.15, 0.2) is 0 Å². The molecule has 0 saturated carbocycles. The Balaban J connectivity index is 2.33. The van der Waals surface area contributed by atoms with E-state index in [9.17, 15) is 0 Å². The van der Waals surface area contributed by atoms with Gasteiger partial charge in [-0.05, 0) is 63.4 Å². The average molecular weight is 267 g/mol. The van der Waals surface area contributed by atoms with Crippen LogP contribution in [0.1, 0.15) is 39.4 Å². The van der Waals surface area contributed by atoms with Gasteiger partial charge in [0, 0.05) is 6.04 Å². The fourth-order valence-electron chi connectivity index (χ4n) is 2.97. The summed E-state index contributed by atoms with van der Waals surface area (Å²) in [7, 11) is 2.05. The van der Waals surface area contributed by atoms with Gasteiger partial charge in [-0.25, -0.2) is 0 Å². The summed E-state index contributed by atoms with van der Waals surface area (Å²) in [5, 5.41) is 3.48. The first-order valence-electron chi connectivity index (χ1n) is 7.32. The second-order valence-electron chi connectivity index (χ2n) is 5.84. The third-order valence-corrected chi connectivity index (χ3v) is 4.05. The fraction of sp³-hybridized carbons (Fsp3) is 0.368. The first-order chi connectivity index (χ1) is 9.51. The van der Waals surface area contributed by atoms with Crippen molar-refractivity contribution in [1.82, 2.24) is 5.32 Å². The van der Waals surface area contributed by atoms with E-state index in [0.29, 0.717) is 6.04 Å². The highest BCUT2D eigenvalue weighted by Gasteiger charge is 2.13. The van der Waals surface area contributed by atoms with Crippen molar-refractivity contribution in [2.75, 3.05) is 7.05 Å². The van der Waals surface area contributed by atoms with Crippen molar-refractivity contribution >= 4 is 0 Å². The lowest BCUT2D eigenvalue weighted by Crippen LogP contribution is -2.20. The fourth-order valence-corrected chi connectivity index (χ4v) is 2.97. The molecule has 0 fully saturated rings. The number of hydrogen-bond acceptors (Lipinski definition) is 1. The van der Waals surface area contributed by atoms with Crippen LogP contribution in [-0.2, 0) is 6.42 Å². The molecule has 2 aromatic carbocycles. The van der Waals surface area contributed by atoms with E-state index in [0.717, 1.165) is 6.42 Å². The zero-order valence-electron chi connectivity index (χ0n) is 13.2. The normalized spacial score (nSPS) is 12.4. The highest BCUT2D eigenvalue weighted by Crippen LogP contribution is 2.24. The standard InChI is InChI=1S/C19H25N/c1-13-9-14(2)11-17(10-13)19(20-5)12-18-15(3)7-6-8-16(18)4/h6-11,19-20H,12H2,1-5H3. The summed E-state index contributed by atoms with van der Waals surface area (Å²) in [4.78, 5) is 0. The molecule has 0 saturated heterocycles. The molecule has 0 aromatic heterocycles. The van der Waals surface area contributed by atoms with Crippen molar-refractivity contribution in [3.05, 3.63) is 69.8 Å². The van der Waals surface area contributed by atoms with Crippen molar-refractivity contribution in [3.8, 4) is 0 Å². The number of likely N-dealkylation sites (N-methyl/N-ethyl adjacent to an activating group) is 1. The Morgan fingerprint density at radius 2 is 1.45 bits per heavy atom. The topological polar surface area (TPSA) is 12.0 Å². The number of aryl methyl sites for hydroxylation is 4. The Kier molecular flexibility index (Phi) is 4.61. The van der Waals surface area contributed by atoms with Crippen molar-refractivity contribution in [1.29, 1.82) is 0 Å². The quantitative estimate of drug-likeness (QED) is 0.864. The molecule has 0 aliphatic rings. The minimum absolute atomic E-state index is 0.369. The number of nitrogens with one attached hydrogen (secondary N) is 1. The number of rotatable bonds is 4.